The topological polar surface area (TPSA) is 55.6 Å². The van der Waals surface area contributed by atoms with Gasteiger partial charge in [-0.3, -0.25) is 4.90 Å². The summed E-state index contributed by atoms with van der Waals surface area (Å²) in [7, 11) is 0. The standard InChI is InChI=1S/C12H18N2O3/c1-8-7-13-10(16-8)9-5-6-14(9)11(15)17-12(2,3)4/h7,9H,5-6H2,1-4H3. The molecule has 0 radical (unpaired) electrons. The van der Waals surface area contributed by atoms with Crippen molar-refractivity contribution in [2.45, 2.75) is 45.8 Å². The fraction of sp³-hybridized carbons (Fsp3) is 0.667. The zero-order chi connectivity index (χ0) is 12.6. The lowest BCUT2D eigenvalue weighted by molar-refractivity contribution is -0.0110. The Morgan fingerprint density at radius 3 is 2.71 bits per heavy atom. The number of aromatic nitrogens is 1. The monoisotopic (exact) mass is 238 g/mol. The predicted molar refractivity (Wildman–Crippen MR) is 61.5 cm³/mol. The van der Waals surface area contributed by atoms with Crippen LogP contribution in [0.15, 0.2) is 10.6 Å². The molecule has 5 nitrogen and oxygen atoms in total. The van der Waals surface area contributed by atoms with Crippen LogP contribution < -0.4 is 0 Å². The van der Waals surface area contributed by atoms with Gasteiger partial charge in [-0.25, -0.2) is 9.78 Å². The zero-order valence-corrected chi connectivity index (χ0v) is 10.7. The predicted octanol–water partition coefficient (Wildman–Crippen LogP) is 2.66. The second kappa shape index (κ2) is 4.05. The molecule has 1 amide bonds. The Kier molecular flexibility index (Phi) is 2.85. The van der Waals surface area contributed by atoms with E-state index in [0.29, 0.717) is 12.4 Å². The molecule has 2 rings (SSSR count). The number of rotatable bonds is 1. The summed E-state index contributed by atoms with van der Waals surface area (Å²) < 4.78 is 10.8. The van der Waals surface area contributed by atoms with Crippen molar-refractivity contribution in [1.82, 2.24) is 9.88 Å². The second-order valence-corrected chi connectivity index (χ2v) is 5.29. The summed E-state index contributed by atoms with van der Waals surface area (Å²) in [5.41, 5.74) is -0.469. The van der Waals surface area contributed by atoms with Crippen LogP contribution in [0.2, 0.25) is 0 Å². The zero-order valence-electron chi connectivity index (χ0n) is 10.7. The minimum Gasteiger partial charge on any atom is -0.444 e. The summed E-state index contributed by atoms with van der Waals surface area (Å²) >= 11 is 0. The second-order valence-electron chi connectivity index (χ2n) is 5.29. The number of nitrogens with zero attached hydrogens (tertiary/aromatic N) is 2. The molecule has 94 valence electrons. The lowest BCUT2D eigenvalue weighted by Crippen LogP contribution is -2.47. The molecule has 5 heteroatoms. The Labute approximate surface area is 101 Å². The van der Waals surface area contributed by atoms with Gasteiger partial charge in [-0.1, -0.05) is 0 Å². The number of hydrogen-bond acceptors (Lipinski definition) is 4. The molecule has 0 N–H and O–H groups in total. The average molecular weight is 238 g/mol. The van der Waals surface area contributed by atoms with E-state index in [1.807, 2.05) is 27.7 Å². The Bertz CT molecular complexity index is 420. The maximum Gasteiger partial charge on any atom is 0.410 e. The fourth-order valence-electron chi connectivity index (χ4n) is 1.71. The Balaban J connectivity index is 2.02. The molecule has 1 atom stereocenters. The van der Waals surface area contributed by atoms with Gasteiger partial charge in [0.1, 0.15) is 17.4 Å². The number of aryl methyl sites for hydroxylation is 1. The molecule has 1 aliphatic heterocycles. The largest absolute Gasteiger partial charge is 0.444 e. The van der Waals surface area contributed by atoms with E-state index in [0.717, 1.165) is 12.2 Å². The number of amides is 1. The molecular weight excluding hydrogens is 220 g/mol. The molecule has 1 aliphatic rings. The van der Waals surface area contributed by atoms with Crippen LogP contribution in [0.4, 0.5) is 4.79 Å². The molecule has 1 saturated heterocycles. The minimum atomic E-state index is -0.469. The van der Waals surface area contributed by atoms with Crippen molar-refractivity contribution in [2.75, 3.05) is 6.54 Å². The Morgan fingerprint density at radius 2 is 2.29 bits per heavy atom. The van der Waals surface area contributed by atoms with Crippen LogP contribution in [0.25, 0.3) is 0 Å². The summed E-state index contributed by atoms with van der Waals surface area (Å²) in [5.74, 6) is 1.36. The van der Waals surface area contributed by atoms with Crippen molar-refractivity contribution in [3.05, 3.63) is 17.8 Å². The maximum absolute atomic E-state index is 11.9. The van der Waals surface area contributed by atoms with Crippen molar-refractivity contribution >= 4 is 6.09 Å². The molecule has 1 aromatic heterocycles. The third-order valence-corrected chi connectivity index (χ3v) is 2.57. The number of ether oxygens (including phenoxy) is 1. The highest BCUT2D eigenvalue weighted by Crippen LogP contribution is 2.33. The SMILES string of the molecule is Cc1cnc(C2CCN2C(=O)OC(C)(C)C)o1. The highest BCUT2D eigenvalue weighted by Gasteiger charge is 2.38. The number of likely N-dealkylation sites (tertiary alicyclic amines) is 1. The smallest absolute Gasteiger partial charge is 0.410 e. The van der Waals surface area contributed by atoms with E-state index < -0.39 is 5.60 Å². The molecule has 2 heterocycles. The summed E-state index contributed by atoms with van der Waals surface area (Å²) in [4.78, 5) is 17.7. The van der Waals surface area contributed by atoms with E-state index in [9.17, 15) is 4.79 Å². The number of oxazole rings is 1. The number of carbonyl (C=O) groups is 1. The third-order valence-electron chi connectivity index (χ3n) is 2.57. The average Bonchev–Trinajstić information content (AvgIpc) is 2.45. The van der Waals surface area contributed by atoms with E-state index in [4.69, 9.17) is 9.15 Å². The lowest BCUT2D eigenvalue weighted by Gasteiger charge is -2.39. The first-order valence-corrected chi connectivity index (χ1v) is 5.79. The van der Waals surface area contributed by atoms with Crippen LogP contribution in [0, 0.1) is 6.92 Å². The first-order chi connectivity index (χ1) is 7.87. The summed E-state index contributed by atoms with van der Waals surface area (Å²) in [5, 5.41) is 0. The molecule has 1 fully saturated rings. The van der Waals surface area contributed by atoms with Crippen molar-refractivity contribution in [1.29, 1.82) is 0 Å². The van der Waals surface area contributed by atoms with E-state index in [1.54, 1.807) is 11.1 Å². The molecule has 0 saturated carbocycles. The molecule has 0 spiro atoms. The van der Waals surface area contributed by atoms with Gasteiger partial charge >= 0.3 is 6.09 Å². The van der Waals surface area contributed by atoms with Gasteiger partial charge in [0, 0.05) is 6.54 Å². The maximum atomic E-state index is 11.9. The molecule has 0 aromatic carbocycles. The summed E-state index contributed by atoms with van der Waals surface area (Å²) in [6.07, 6.45) is 2.24. The van der Waals surface area contributed by atoms with Gasteiger partial charge in [-0.05, 0) is 34.1 Å². The number of hydrogen-bond donors (Lipinski definition) is 0. The molecule has 1 unspecified atom stereocenters. The highest BCUT2D eigenvalue weighted by atomic mass is 16.6. The van der Waals surface area contributed by atoms with Crippen molar-refractivity contribution in [3.63, 3.8) is 0 Å². The normalized spacial score (nSPS) is 20.0. The summed E-state index contributed by atoms with van der Waals surface area (Å²) in [6.45, 7) is 8.10. The van der Waals surface area contributed by atoms with Gasteiger partial charge in [0.05, 0.1) is 6.20 Å². The van der Waals surface area contributed by atoms with Gasteiger partial charge in [-0.2, -0.15) is 0 Å². The van der Waals surface area contributed by atoms with Crippen molar-refractivity contribution < 1.29 is 13.9 Å². The fourth-order valence-corrected chi connectivity index (χ4v) is 1.71. The van der Waals surface area contributed by atoms with E-state index in [-0.39, 0.29) is 12.1 Å². The Hall–Kier alpha value is -1.52. The van der Waals surface area contributed by atoms with Crippen LogP contribution in [0.3, 0.4) is 0 Å². The van der Waals surface area contributed by atoms with Crippen LogP contribution >= 0.6 is 0 Å². The van der Waals surface area contributed by atoms with Crippen molar-refractivity contribution in [2.24, 2.45) is 0 Å². The van der Waals surface area contributed by atoms with Gasteiger partial charge in [0.2, 0.25) is 5.89 Å². The third kappa shape index (κ3) is 2.60. The van der Waals surface area contributed by atoms with Crippen LogP contribution in [-0.2, 0) is 4.74 Å². The first kappa shape index (κ1) is 12.0. The van der Waals surface area contributed by atoms with Gasteiger partial charge < -0.3 is 9.15 Å². The minimum absolute atomic E-state index is 0.0708. The van der Waals surface area contributed by atoms with Gasteiger partial charge in [0.25, 0.3) is 0 Å². The highest BCUT2D eigenvalue weighted by molar-refractivity contribution is 5.69. The van der Waals surface area contributed by atoms with E-state index in [1.165, 1.54) is 0 Å². The molecule has 0 aliphatic carbocycles. The quantitative estimate of drug-likeness (QED) is 0.754. The Morgan fingerprint density at radius 1 is 1.59 bits per heavy atom. The molecule has 0 bridgehead atoms. The molecular formula is C12H18N2O3. The van der Waals surface area contributed by atoms with Crippen LogP contribution in [0.1, 0.15) is 44.9 Å². The number of carbonyl (C=O) groups excluding carboxylic acids is 1. The van der Waals surface area contributed by atoms with Crippen molar-refractivity contribution in [3.8, 4) is 0 Å². The van der Waals surface area contributed by atoms with Crippen LogP contribution in [-0.4, -0.2) is 28.1 Å². The summed E-state index contributed by atoms with van der Waals surface area (Å²) in [6, 6.07) is -0.0708. The molecule has 17 heavy (non-hydrogen) atoms. The van der Waals surface area contributed by atoms with Gasteiger partial charge in [-0.15, -0.1) is 0 Å². The molecule has 1 aromatic rings. The van der Waals surface area contributed by atoms with E-state index >= 15 is 0 Å². The lowest BCUT2D eigenvalue weighted by atomic mass is 10.0. The van der Waals surface area contributed by atoms with Crippen LogP contribution in [0.5, 0.6) is 0 Å². The first-order valence-electron chi connectivity index (χ1n) is 5.79. The van der Waals surface area contributed by atoms with Gasteiger partial charge in [0.15, 0.2) is 0 Å². The van der Waals surface area contributed by atoms with E-state index in [2.05, 4.69) is 4.98 Å².